The number of rotatable bonds is 6. The van der Waals surface area contributed by atoms with Crippen molar-refractivity contribution in [3.05, 3.63) is 59.7 Å². The molecule has 0 spiro atoms. The zero-order valence-electron chi connectivity index (χ0n) is 15.7. The highest BCUT2D eigenvalue weighted by molar-refractivity contribution is 7.92. The highest BCUT2D eigenvalue weighted by Gasteiger charge is 2.36. The molecule has 1 atom stereocenters. The third-order valence-electron chi connectivity index (χ3n) is 4.21. The van der Waals surface area contributed by atoms with Gasteiger partial charge in [0.1, 0.15) is 5.75 Å². The molecule has 2 aromatic rings. The van der Waals surface area contributed by atoms with E-state index in [2.05, 4.69) is 9.82 Å². The third kappa shape index (κ3) is 4.45. The minimum atomic E-state index is -3.63. The molecule has 28 heavy (non-hydrogen) atoms. The first-order valence-electron chi connectivity index (χ1n) is 8.36. The molecule has 1 N–H and O–H groups in total. The molecule has 0 bridgehead atoms. The molecular formula is C18H21N3O5S2. The van der Waals surface area contributed by atoms with Crippen molar-refractivity contribution in [3.63, 3.8) is 0 Å². The van der Waals surface area contributed by atoms with Gasteiger partial charge in [0.25, 0.3) is 0 Å². The highest BCUT2D eigenvalue weighted by atomic mass is 32.2. The van der Waals surface area contributed by atoms with Crippen molar-refractivity contribution in [3.8, 4) is 5.75 Å². The van der Waals surface area contributed by atoms with Crippen molar-refractivity contribution in [1.29, 1.82) is 0 Å². The van der Waals surface area contributed by atoms with E-state index >= 15 is 0 Å². The molecule has 1 aliphatic heterocycles. The predicted octanol–water partition coefficient (Wildman–Crippen LogP) is 2.18. The van der Waals surface area contributed by atoms with Crippen LogP contribution in [0.1, 0.15) is 23.6 Å². The molecule has 0 aliphatic carbocycles. The van der Waals surface area contributed by atoms with Gasteiger partial charge in [0.2, 0.25) is 20.0 Å². The second kappa shape index (κ2) is 7.44. The smallest absolute Gasteiger partial charge is 0.247 e. The standard InChI is InChI=1S/C18H21N3O5S2/c1-26-18-10-5-4-9-15(18)17-12-16(19-21(17)28(3,24)25)13-7-6-8-14(11-13)20-27(2,22)23/h4-11,17,20H,12H2,1-3H3/t17-/m1/s1. The Hall–Kier alpha value is -2.59. The summed E-state index contributed by atoms with van der Waals surface area (Å²) in [6, 6.07) is 13.3. The fraction of sp³-hybridized carbons (Fsp3) is 0.278. The number of para-hydroxylation sites is 1. The maximum Gasteiger partial charge on any atom is 0.247 e. The van der Waals surface area contributed by atoms with Crippen LogP contribution >= 0.6 is 0 Å². The molecule has 1 aliphatic rings. The number of hydrogen-bond acceptors (Lipinski definition) is 6. The van der Waals surface area contributed by atoms with E-state index in [1.165, 1.54) is 7.11 Å². The Morgan fingerprint density at radius 1 is 1.07 bits per heavy atom. The maximum atomic E-state index is 12.3. The minimum Gasteiger partial charge on any atom is -0.496 e. The summed E-state index contributed by atoms with van der Waals surface area (Å²) < 4.78 is 56.5. The van der Waals surface area contributed by atoms with E-state index < -0.39 is 26.1 Å². The van der Waals surface area contributed by atoms with Gasteiger partial charge >= 0.3 is 0 Å². The second-order valence-electron chi connectivity index (χ2n) is 6.50. The van der Waals surface area contributed by atoms with Gasteiger partial charge in [-0.05, 0) is 23.8 Å². The Labute approximate surface area is 164 Å². The Balaban J connectivity index is 2.01. The number of methoxy groups -OCH3 is 1. The molecule has 10 heteroatoms. The first-order chi connectivity index (χ1) is 13.1. The summed E-state index contributed by atoms with van der Waals surface area (Å²) >= 11 is 0. The van der Waals surface area contributed by atoms with Gasteiger partial charge in [-0.15, -0.1) is 0 Å². The second-order valence-corrected chi connectivity index (χ2v) is 10.1. The average Bonchev–Trinajstić information content (AvgIpc) is 3.06. The van der Waals surface area contributed by atoms with Crippen LogP contribution in [0.5, 0.6) is 5.75 Å². The van der Waals surface area contributed by atoms with Crippen LogP contribution in [0.15, 0.2) is 53.6 Å². The van der Waals surface area contributed by atoms with Gasteiger partial charge in [0.05, 0.1) is 31.4 Å². The van der Waals surface area contributed by atoms with Gasteiger partial charge in [-0.2, -0.15) is 9.52 Å². The molecule has 1 heterocycles. The molecule has 0 unspecified atom stereocenters. The predicted molar refractivity (Wildman–Crippen MR) is 108 cm³/mol. The maximum absolute atomic E-state index is 12.3. The molecule has 8 nitrogen and oxygen atoms in total. The summed E-state index contributed by atoms with van der Waals surface area (Å²) in [5.74, 6) is 0.574. The summed E-state index contributed by atoms with van der Waals surface area (Å²) in [5.41, 5.74) is 2.27. The van der Waals surface area contributed by atoms with E-state index in [1.54, 1.807) is 30.3 Å². The largest absolute Gasteiger partial charge is 0.496 e. The van der Waals surface area contributed by atoms with E-state index in [-0.39, 0.29) is 0 Å². The summed E-state index contributed by atoms with van der Waals surface area (Å²) in [6.45, 7) is 0. The van der Waals surface area contributed by atoms with Crippen LogP contribution in [0.3, 0.4) is 0 Å². The number of sulfonamides is 2. The fourth-order valence-electron chi connectivity index (χ4n) is 3.12. The van der Waals surface area contributed by atoms with Crippen molar-refractivity contribution >= 4 is 31.4 Å². The van der Waals surface area contributed by atoms with E-state index in [0.29, 0.717) is 34.7 Å². The zero-order valence-corrected chi connectivity index (χ0v) is 17.3. The van der Waals surface area contributed by atoms with Crippen LogP contribution in [0.2, 0.25) is 0 Å². The fourth-order valence-corrected chi connectivity index (χ4v) is 4.57. The monoisotopic (exact) mass is 423 g/mol. The number of nitrogens with zero attached hydrogens (tertiary/aromatic N) is 2. The average molecular weight is 424 g/mol. The van der Waals surface area contributed by atoms with Gasteiger partial charge in [0, 0.05) is 17.7 Å². The Morgan fingerprint density at radius 2 is 1.79 bits per heavy atom. The molecular weight excluding hydrogens is 402 g/mol. The normalized spacial score (nSPS) is 17.3. The minimum absolute atomic E-state index is 0.329. The highest BCUT2D eigenvalue weighted by Crippen LogP contribution is 2.38. The molecule has 2 aromatic carbocycles. The van der Waals surface area contributed by atoms with Crippen LogP contribution < -0.4 is 9.46 Å². The Bertz CT molecular complexity index is 1130. The number of hydrazone groups is 1. The summed E-state index contributed by atoms with van der Waals surface area (Å²) in [7, 11) is -5.52. The number of hydrogen-bond donors (Lipinski definition) is 1. The van der Waals surface area contributed by atoms with E-state index in [4.69, 9.17) is 4.74 Å². The number of benzene rings is 2. The van der Waals surface area contributed by atoms with Crippen LogP contribution in [-0.2, 0) is 20.0 Å². The molecule has 3 rings (SSSR count). The number of nitrogens with one attached hydrogen (secondary N) is 1. The third-order valence-corrected chi connectivity index (χ3v) is 5.83. The van der Waals surface area contributed by atoms with Gasteiger partial charge in [0.15, 0.2) is 0 Å². The quantitative estimate of drug-likeness (QED) is 0.767. The number of ether oxygens (including phenoxy) is 1. The molecule has 0 amide bonds. The molecule has 0 fully saturated rings. The van der Waals surface area contributed by atoms with Gasteiger partial charge < -0.3 is 4.74 Å². The van der Waals surface area contributed by atoms with Crippen molar-refractivity contribution in [1.82, 2.24) is 4.41 Å². The summed E-state index contributed by atoms with van der Waals surface area (Å²) in [5, 5.41) is 4.33. The first-order valence-corrected chi connectivity index (χ1v) is 12.1. The lowest BCUT2D eigenvalue weighted by Gasteiger charge is -2.23. The lowest BCUT2D eigenvalue weighted by molar-refractivity contribution is 0.352. The van der Waals surface area contributed by atoms with Crippen molar-refractivity contribution in [2.75, 3.05) is 24.3 Å². The van der Waals surface area contributed by atoms with E-state index in [0.717, 1.165) is 16.9 Å². The van der Waals surface area contributed by atoms with Crippen molar-refractivity contribution < 1.29 is 21.6 Å². The van der Waals surface area contributed by atoms with Gasteiger partial charge in [-0.3, -0.25) is 4.72 Å². The lowest BCUT2D eigenvalue weighted by Crippen LogP contribution is -2.26. The number of anilines is 1. The van der Waals surface area contributed by atoms with Gasteiger partial charge in [-0.1, -0.05) is 30.3 Å². The summed E-state index contributed by atoms with van der Waals surface area (Å²) in [6.07, 6.45) is 2.50. The van der Waals surface area contributed by atoms with Crippen LogP contribution in [0.4, 0.5) is 5.69 Å². The SMILES string of the molecule is COc1ccccc1[C@H]1CC(c2cccc(NS(C)(=O)=O)c2)=NN1S(C)(=O)=O. The van der Waals surface area contributed by atoms with Gasteiger partial charge in [-0.25, -0.2) is 16.8 Å². The van der Waals surface area contributed by atoms with E-state index in [9.17, 15) is 16.8 Å². The molecule has 0 radical (unpaired) electrons. The van der Waals surface area contributed by atoms with Crippen LogP contribution in [0, 0.1) is 0 Å². The molecule has 0 aromatic heterocycles. The van der Waals surface area contributed by atoms with Crippen molar-refractivity contribution in [2.24, 2.45) is 5.10 Å². The van der Waals surface area contributed by atoms with Crippen molar-refractivity contribution in [2.45, 2.75) is 12.5 Å². The lowest BCUT2D eigenvalue weighted by atomic mass is 9.98. The van der Waals surface area contributed by atoms with Crippen LogP contribution in [-0.4, -0.2) is 46.6 Å². The Kier molecular flexibility index (Phi) is 5.35. The summed E-state index contributed by atoms with van der Waals surface area (Å²) in [4.78, 5) is 0. The first kappa shape index (κ1) is 20.2. The topological polar surface area (TPSA) is 105 Å². The molecule has 0 saturated carbocycles. The zero-order chi connectivity index (χ0) is 20.5. The van der Waals surface area contributed by atoms with E-state index in [1.807, 2.05) is 18.2 Å². The molecule has 150 valence electrons. The van der Waals surface area contributed by atoms with Crippen LogP contribution in [0.25, 0.3) is 0 Å². The molecule has 0 saturated heterocycles. The Morgan fingerprint density at radius 3 is 2.43 bits per heavy atom.